The summed E-state index contributed by atoms with van der Waals surface area (Å²) in [5.41, 5.74) is -0.990. The molecule has 0 spiro atoms. The number of hydrogen-bond acceptors (Lipinski definition) is 10. The van der Waals surface area contributed by atoms with Gasteiger partial charge in [0.25, 0.3) is 0 Å². The Morgan fingerprint density at radius 2 is 1.57 bits per heavy atom. The first kappa shape index (κ1) is 38.5. The highest BCUT2D eigenvalue weighted by molar-refractivity contribution is 7.52. The molecule has 1 heterocycles. The Labute approximate surface area is 278 Å². The quantitative estimate of drug-likeness (QED) is 0.0710. The standard InChI is InChI=1S/C35H50NO10P/c1-11-26(25-18-16-24(17-19-25)22-47(40,45-43-34(5,6)7)46-44-35(8,9)10)28(20-31(38)42-33(2,3)4)32(39)36-23-41-21-29(36)27-14-12-13-15-30(27)37/h11-19,26-29H,1,20-23H2,2-10H3/t26-,27?,28+,29-/m1/s1. The molecule has 0 N–H and O–H groups in total. The Balaban J connectivity index is 1.91. The first-order chi connectivity index (χ1) is 21.7. The van der Waals surface area contributed by atoms with E-state index in [9.17, 15) is 18.9 Å². The number of rotatable bonds is 13. The smallest absolute Gasteiger partial charge is 0.388 e. The van der Waals surface area contributed by atoms with Crippen molar-refractivity contribution in [3.8, 4) is 0 Å². The van der Waals surface area contributed by atoms with Crippen LogP contribution in [0.4, 0.5) is 0 Å². The number of carbonyl (C=O) groups is 3. The average Bonchev–Trinajstić information content (AvgIpc) is 3.44. The van der Waals surface area contributed by atoms with Gasteiger partial charge >= 0.3 is 13.6 Å². The third-order valence-corrected chi connectivity index (χ3v) is 8.35. The molecule has 0 saturated carbocycles. The Morgan fingerprint density at radius 1 is 0.979 bits per heavy atom. The summed E-state index contributed by atoms with van der Waals surface area (Å²) in [6.45, 7) is 19.9. The third kappa shape index (κ3) is 11.9. The van der Waals surface area contributed by atoms with Gasteiger partial charge in [0, 0.05) is 5.92 Å². The van der Waals surface area contributed by atoms with Crippen molar-refractivity contribution in [2.75, 3.05) is 13.3 Å². The average molecular weight is 676 g/mol. The number of allylic oxidation sites excluding steroid dienone is 4. The number of amides is 1. The van der Waals surface area contributed by atoms with Gasteiger partial charge in [-0.15, -0.1) is 15.9 Å². The number of esters is 1. The molecule has 1 aromatic carbocycles. The highest BCUT2D eigenvalue weighted by Gasteiger charge is 2.43. The van der Waals surface area contributed by atoms with E-state index in [0.29, 0.717) is 11.1 Å². The van der Waals surface area contributed by atoms with Gasteiger partial charge in [-0.2, -0.15) is 0 Å². The third-order valence-electron chi connectivity index (χ3n) is 6.99. The van der Waals surface area contributed by atoms with E-state index in [2.05, 4.69) is 6.58 Å². The van der Waals surface area contributed by atoms with Crippen LogP contribution in [-0.4, -0.2) is 58.7 Å². The van der Waals surface area contributed by atoms with Crippen molar-refractivity contribution in [1.82, 2.24) is 4.90 Å². The zero-order valence-corrected chi connectivity index (χ0v) is 29.9. The van der Waals surface area contributed by atoms with Gasteiger partial charge in [0.2, 0.25) is 5.91 Å². The molecule has 3 rings (SSSR count). The lowest BCUT2D eigenvalue weighted by Crippen LogP contribution is -2.47. The van der Waals surface area contributed by atoms with Gasteiger partial charge in [0.1, 0.15) is 12.3 Å². The van der Waals surface area contributed by atoms with Crippen LogP contribution < -0.4 is 0 Å². The maximum Gasteiger partial charge on any atom is 0.388 e. The number of ether oxygens (including phenoxy) is 2. The molecule has 0 bridgehead atoms. The molecule has 1 fully saturated rings. The fraction of sp³-hybridized carbons (Fsp3) is 0.571. The normalized spacial score (nSPS) is 20.3. The molecule has 11 nitrogen and oxygen atoms in total. The monoisotopic (exact) mass is 675 g/mol. The zero-order chi connectivity index (χ0) is 35.2. The molecule has 47 heavy (non-hydrogen) atoms. The van der Waals surface area contributed by atoms with Gasteiger partial charge in [-0.25, -0.2) is 9.78 Å². The molecule has 1 unspecified atom stereocenters. The minimum Gasteiger partial charge on any atom is -0.460 e. The van der Waals surface area contributed by atoms with Crippen molar-refractivity contribution in [3.63, 3.8) is 0 Å². The van der Waals surface area contributed by atoms with Gasteiger partial charge in [-0.05, 0) is 79.5 Å². The van der Waals surface area contributed by atoms with E-state index in [4.69, 9.17) is 28.6 Å². The molecule has 0 radical (unpaired) electrons. The van der Waals surface area contributed by atoms with Crippen molar-refractivity contribution in [3.05, 3.63) is 72.4 Å². The fourth-order valence-corrected chi connectivity index (χ4v) is 6.45. The number of benzene rings is 1. The summed E-state index contributed by atoms with van der Waals surface area (Å²) in [5.74, 6) is -3.09. The predicted molar refractivity (Wildman–Crippen MR) is 177 cm³/mol. The SMILES string of the molecule is C=C[C@H](c1ccc(CP(=O)(OOC(C)(C)C)OOC(C)(C)C)cc1)[C@H](CC(=O)OC(C)(C)C)C(=O)N1COC[C@@H]1C1C=CC=CC1=O. The predicted octanol–water partition coefficient (Wildman–Crippen LogP) is 6.99. The molecule has 0 aromatic heterocycles. The summed E-state index contributed by atoms with van der Waals surface area (Å²) in [6.07, 6.45) is 7.92. The van der Waals surface area contributed by atoms with Crippen LogP contribution in [0.25, 0.3) is 0 Å². The van der Waals surface area contributed by atoms with Crippen molar-refractivity contribution in [2.24, 2.45) is 11.8 Å². The molecule has 1 aliphatic carbocycles. The van der Waals surface area contributed by atoms with Gasteiger partial charge < -0.3 is 14.4 Å². The number of nitrogens with zero attached hydrogens (tertiary/aromatic N) is 1. The largest absolute Gasteiger partial charge is 0.460 e. The van der Waals surface area contributed by atoms with Crippen molar-refractivity contribution >= 4 is 25.3 Å². The first-order valence-electron chi connectivity index (χ1n) is 15.7. The Kier molecular flexibility index (Phi) is 12.7. The van der Waals surface area contributed by atoms with Gasteiger partial charge in [-0.3, -0.25) is 18.9 Å². The number of ketones is 1. The maximum atomic E-state index is 14.3. The Morgan fingerprint density at radius 3 is 2.09 bits per heavy atom. The summed E-state index contributed by atoms with van der Waals surface area (Å²) in [6, 6.07) is 6.48. The lowest BCUT2D eigenvalue weighted by atomic mass is 9.81. The summed E-state index contributed by atoms with van der Waals surface area (Å²) >= 11 is 0. The van der Waals surface area contributed by atoms with Crippen LogP contribution in [0.2, 0.25) is 0 Å². The van der Waals surface area contributed by atoms with Gasteiger partial charge in [0.05, 0.1) is 48.3 Å². The van der Waals surface area contributed by atoms with Crippen LogP contribution in [0.5, 0.6) is 0 Å². The van der Waals surface area contributed by atoms with E-state index in [0.717, 1.165) is 0 Å². The minimum atomic E-state index is -3.93. The number of carbonyl (C=O) groups excluding carboxylic acids is 3. The molecule has 12 heteroatoms. The minimum absolute atomic E-state index is 0.0129. The lowest BCUT2D eigenvalue weighted by molar-refractivity contribution is -0.326. The van der Waals surface area contributed by atoms with Crippen LogP contribution in [0, 0.1) is 11.8 Å². The van der Waals surface area contributed by atoms with Crippen molar-refractivity contribution in [2.45, 2.75) is 104 Å². The van der Waals surface area contributed by atoms with E-state index >= 15 is 0 Å². The molecule has 4 atom stereocenters. The lowest BCUT2D eigenvalue weighted by Gasteiger charge is -2.33. The first-order valence-corrected chi connectivity index (χ1v) is 17.5. The van der Waals surface area contributed by atoms with Crippen LogP contribution in [0.1, 0.15) is 85.8 Å². The van der Waals surface area contributed by atoms with Crippen LogP contribution in [0.15, 0.2) is 61.2 Å². The van der Waals surface area contributed by atoms with Crippen molar-refractivity contribution < 1.29 is 47.5 Å². The molecule has 2 aliphatic rings. The molecule has 1 saturated heterocycles. The Bertz CT molecular complexity index is 1360. The topological polar surface area (TPSA) is 127 Å². The van der Waals surface area contributed by atoms with Crippen molar-refractivity contribution in [1.29, 1.82) is 0 Å². The van der Waals surface area contributed by atoms with Gasteiger partial charge in [0.15, 0.2) is 5.78 Å². The highest BCUT2D eigenvalue weighted by Crippen LogP contribution is 2.53. The zero-order valence-electron chi connectivity index (χ0n) is 29.0. The summed E-state index contributed by atoms with van der Waals surface area (Å²) in [5, 5.41) is 0. The molecule has 260 valence electrons. The van der Waals surface area contributed by atoms with E-state index in [1.54, 1.807) is 111 Å². The van der Waals surface area contributed by atoms with E-state index < -0.39 is 54.2 Å². The van der Waals surface area contributed by atoms with E-state index in [1.165, 1.54) is 11.0 Å². The summed E-state index contributed by atoms with van der Waals surface area (Å²) in [7, 11) is -3.93. The van der Waals surface area contributed by atoms with Crippen LogP contribution in [0.3, 0.4) is 0 Å². The summed E-state index contributed by atoms with van der Waals surface area (Å²) in [4.78, 5) is 52.3. The Hall–Kier alpha value is -2.92. The molecular weight excluding hydrogens is 625 g/mol. The van der Waals surface area contributed by atoms with E-state index in [-0.39, 0.29) is 37.6 Å². The molecular formula is C35H50NO10P. The van der Waals surface area contributed by atoms with Crippen LogP contribution in [-0.2, 0) is 53.7 Å². The molecule has 1 aromatic rings. The van der Waals surface area contributed by atoms with E-state index in [1.807, 2.05) is 0 Å². The second-order valence-electron chi connectivity index (χ2n) is 14.8. The molecule has 1 amide bonds. The molecule has 1 aliphatic heterocycles. The second-order valence-corrected chi connectivity index (χ2v) is 16.6. The highest BCUT2D eigenvalue weighted by atomic mass is 31.2. The maximum absolute atomic E-state index is 14.3. The second kappa shape index (κ2) is 15.5. The number of hydrogen-bond donors (Lipinski definition) is 0. The van der Waals surface area contributed by atoms with Gasteiger partial charge in [-0.1, -0.05) is 48.6 Å². The van der Waals surface area contributed by atoms with Crippen LogP contribution >= 0.6 is 7.60 Å². The summed E-state index contributed by atoms with van der Waals surface area (Å²) < 4.78 is 35.6. The fourth-order valence-electron chi connectivity index (χ4n) is 4.99.